The molecule has 1 aliphatic rings. The maximum absolute atomic E-state index is 12.9. The van der Waals surface area contributed by atoms with Crippen LogP contribution in [-0.2, 0) is 22.9 Å². The van der Waals surface area contributed by atoms with Gasteiger partial charge in [0.25, 0.3) is 5.91 Å². The van der Waals surface area contributed by atoms with Crippen LogP contribution < -0.4 is 16.2 Å². The monoisotopic (exact) mass is 472 g/mol. The molecular formula is C23H28N4O3S2. The summed E-state index contributed by atoms with van der Waals surface area (Å²) in [6.07, 6.45) is 4.17. The number of nitrogen functional groups attached to an aromatic ring is 1. The van der Waals surface area contributed by atoms with Gasteiger partial charge in [0, 0.05) is 16.8 Å². The molecule has 3 aromatic rings. The first-order valence-electron chi connectivity index (χ1n) is 10.6. The Hall–Kier alpha value is -2.49. The zero-order valence-electron chi connectivity index (χ0n) is 18.4. The van der Waals surface area contributed by atoms with Gasteiger partial charge in [-0.15, -0.1) is 11.3 Å². The Morgan fingerprint density at radius 3 is 2.59 bits per heavy atom. The van der Waals surface area contributed by atoms with Crippen molar-refractivity contribution in [3.63, 3.8) is 0 Å². The van der Waals surface area contributed by atoms with Crippen molar-refractivity contribution in [1.29, 1.82) is 0 Å². The molecule has 170 valence electrons. The molecule has 7 nitrogen and oxygen atoms in total. The van der Waals surface area contributed by atoms with Crippen molar-refractivity contribution < 1.29 is 13.2 Å². The number of benzene rings is 1. The second kappa shape index (κ2) is 8.13. The number of aromatic nitrogens is 1. The normalized spacial score (nSPS) is 16.7. The third-order valence-electron chi connectivity index (χ3n) is 6.75. The van der Waals surface area contributed by atoms with Crippen LogP contribution in [-0.4, -0.2) is 19.3 Å². The third kappa shape index (κ3) is 4.24. The van der Waals surface area contributed by atoms with Gasteiger partial charge in [0.15, 0.2) is 0 Å². The lowest BCUT2D eigenvalue weighted by Gasteiger charge is -2.36. The molecule has 2 heterocycles. The smallest absolute Gasteiger partial charge is 0.267 e. The lowest BCUT2D eigenvalue weighted by molar-refractivity contribution is 0.103. The Labute approximate surface area is 192 Å². The van der Waals surface area contributed by atoms with Gasteiger partial charge in [-0.2, -0.15) is 0 Å². The topological polar surface area (TPSA) is 128 Å². The number of nitrogens with zero attached hydrogens (tertiary/aromatic N) is 1. The first kappa shape index (κ1) is 22.7. The van der Waals surface area contributed by atoms with Crippen molar-refractivity contribution in [3.8, 4) is 0 Å². The van der Waals surface area contributed by atoms with Crippen LogP contribution in [0.5, 0.6) is 0 Å². The fourth-order valence-electron chi connectivity index (χ4n) is 4.23. The Morgan fingerprint density at radius 1 is 1.28 bits per heavy atom. The molecule has 2 aromatic heterocycles. The van der Waals surface area contributed by atoms with Crippen molar-refractivity contribution in [2.45, 2.75) is 51.3 Å². The maximum atomic E-state index is 12.9. The molecule has 0 unspecified atom stereocenters. The number of fused-ring (bicyclic) bond motifs is 2. The van der Waals surface area contributed by atoms with E-state index in [1.54, 1.807) is 0 Å². The summed E-state index contributed by atoms with van der Waals surface area (Å²) in [7, 11) is -3.79. The zero-order chi connectivity index (χ0) is 23.3. The summed E-state index contributed by atoms with van der Waals surface area (Å²) < 4.78 is 22.8. The van der Waals surface area contributed by atoms with Crippen LogP contribution in [0.15, 0.2) is 35.2 Å². The molecule has 1 aliphatic carbocycles. The van der Waals surface area contributed by atoms with Crippen LogP contribution in [0.3, 0.4) is 0 Å². The molecule has 5 N–H and O–H groups in total. The van der Waals surface area contributed by atoms with Crippen molar-refractivity contribution in [2.24, 2.45) is 16.5 Å². The average molecular weight is 473 g/mol. The second-order valence-corrected chi connectivity index (χ2v) is 11.7. The summed E-state index contributed by atoms with van der Waals surface area (Å²) >= 11 is 1.28. The van der Waals surface area contributed by atoms with E-state index in [0.717, 1.165) is 41.6 Å². The van der Waals surface area contributed by atoms with Crippen molar-refractivity contribution >= 4 is 48.9 Å². The van der Waals surface area contributed by atoms with E-state index in [4.69, 9.17) is 15.9 Å². The van der Waals surface area contributed by atoms with Crippen molar-refractivity contribution in [1.82, 2.24) is 4.98 Å². The first-order chi connectivity index (χ1) is 15.0. The minimum absolute atomic E-state index is 0.0174. The number of hydrogen-bond acceptors (Lipinski definition) is 6. The molecule has 0 saturated heterocycles. The van der Waals surface area contributed by atoms with Gasteiger partial charge in [0.1, 0.15) is 9.71 Å². The van der Waals surface area contributed by atoms with Gasteiger partial charge < -0.3 is 11.1 Å². The summed E-state index contributed by atoms with van der Waals surface area (Å²) in [5, 5.41) is 8.71. The predicted molar refractivity (Wildman–Crippen MR) is 129 cm³/mol. The molecule has 1 aromatic carbocycles. The number of primary sulfonamides is 1. The lowest BCUT2D eigenvalue weighted by atomic mass is 9.69. The summed E-state index contributed by atoms with van der Waals surface area (Å²) in [6.45, 7) is 6.89. The third-order valence-corrected chi connectivity index (χ3v) is 8.79. The molecule has 4 rings (SSSR count). The summed E-state index contributed by atoms with van der Waals surface area (Å²) in [4.78, 5) is 18.9. The van der Waals surface area contributed by atoms with Crippen LogP contribution in [0.4, 0.5) is 11.4 Å². The van der Waals surface area contributed by atoms with E-state index in [2.05, 4.69) is 32.2 Å². The van der Waals surface area contributed by atoms with E-state index in [9.17, 15) is 13.2 Å². The molecule has 9 heteroatoms. The highest BCUT2D eigenvalue weighted by Crippen LogP contribution is 2.42. The Morgan fingerprint density at radius 2 is 1.97 bits per heavy atom. The zero-order valence-corrected chi connectivity index (χ0v) is 20.1. The van der Waals surface area contributed by atoms with Gasteiger partial charge in [-0.1, -0.05) is 27.2 Å². The number of rotatable bonds is 5. The molecular weight excluding hydrogens is 444 g/mol. The Balaban J connectivity index is 1.61. The van der Waals surface area contributed by atoms with Crippen LogP contribution in [0, 0.1) is 11.3 Å². The van der Waals surface area contributed by atoms with Crippen LogP contribution in [0.2, 0.25) is 0 Å². The number of aryl methyl sites for hydroxylation is 1. The van der Waals surface area contributed by atoms with Crippen LogP contribution in [0.1, 0.15) is 54.5 Å². The number of nitrogens with one attached hydrogen (secondary N) is 1. The first-order valence-corrected chi connectivity index (χ1v) is 13.0. The number of carbonyl (C=O) groups excluding carboxylic acids is 1. The van der Waals surface area contributed by atoms with E-state index >= 15 is 0 Å². The van der Waals surface area contributed by atoms with Gasteiger partial charge in [-0.3, -0.25) is 4.79 Å². The van der Waals surface area contributed by atoms with Gasteiger partial charge in [-0.05, 0) is 66.5 Å². The molecule has 0 aliphatic heterocycles. The molecule has 0 spiro atoms. The van der Waals surface area contributed by atoms with E-state index in [-0.39, 0.29) is 16.2 Å². The second-order valence-electron chi connectivity index (χ2n) is 9.10. The summed E-state index contributed by atoms with van der Waals surface area (Å²) in [5.41, 5.74) is 9.86. The molecule has 0 radical (unpaired) electrons. The SMILES string of the molecule is CCC(C)(C)[C@@H]1CCc2nc3sc(C(=O)Nc4ccc(S(N)(=O)=O)cc4)c(N)c3cc2C1. The highest BCUT2D eigenvalue weighted by molar-refractivity contribution is 7.89. The number of sulfonamides is 1. The van der Waals surface area contributed by atoms with E-state index in [1.165, 1.54) is 41.2 Å². The Kier molecular flexibility index (Phi) is 5.77. The average Bonchev–Trinajstić information content (AvgIpc) is 3.07. The summed E-state index contributed by atoms with van der Waals surface area (Å²) in [5.74, 6) is 0.249. The molecule has 1 atom stereocenters. The number of amides is 1. The standard InChI is InChI=1S/C23H28N4O3S2/c1-4-23(2,3)14-5-10-18-13(11-14)12-17-19(24)20(31-22(17)27-18)21(28)26-15-6-8-16(9-7-15)32(25,29)30/h6-9,12,14H,4-5,10-11,24H2,1-3H3,(H,26,28)(H2,25,29,30)/t14-/m1/s1. The highest BCUT2D eigenvalue weighted by atomic mass is 32.2. The quantitative estimate of drug-likeness (QED) is 0.509. The fraction of sp³-hybridized carbons (Fsp3) is 0.391. The maximum Gasteiger partial charge on any atom is 0.267 e. The molecule has 1 amide bonds. The number of anilines is 2. The molecule has 0 bridgehead atoms. The van der Waals surface area contributed by atoms with E-state index < -0.39 is 10.0 Å². The number of thiophene rings is 1. The Bertz CT molecular complexity index is 1300. The fourth-order valence-corrected chi connectivity index (χ4v) is 5.74. The number of carbonyl (C=O) groups is 1. The van der Waals surface area contributed by atoms with E-state index in [0.29, 0.717) is 22.2 Å². The van der Waals surface area contributed by atoms with Gasteiger partial charge in [-0.25, -0.2) is 18.5 Å². The minimum atomic E-state index is -3.79. The highest BCUT2D eigenvalue weighted by Gasteiger charge is 2.32. The number of nitrogens with two attached hydrogens (primary N) is 2. The minimum Gasteiger partial charge on any atom is -0.397 e. The lowest BCUT2D eigenvalue weighted by Crippen LogP contribution is -2.29. The summed E-state index contributed by atoms with van der Waals surface area (Å²) in [6, 6.07) is 7.80. The largest absolute Gasteiger partial charge is 0.397 e. The van der Waals surface area contributed by atoms with Crippen molar-refractivity contribution in [3.05, 3.63) is 46.5 Å². The van der Waals surface area contributed by atoms with Crippen molar-refractivity contribution in [2.75, 3.05) is 11.1 Å². The van der Waals surface area contributed by atoms with Crippen LogP contribution in [0.25, 0.3) is 10.2 Å². The molecule has 0 fully saturated rings. The predicted octanol–water partition coefficient (Wildman–Crippen LogP) is 4.32. The number of pyridine rings is 1. The van der Waals surface area contributed by atoms with Crippen LogP contribution >= 0.6 is 11.3 Å². The van der Waals surface area contributed by atoms with Gasteiger partial charge in [0.05, 0.1) is 10.6 Å². The van der Waals surface area contributed by atoms with E-state index in [1.807, 2.05) is 0 Å². The van der Waals surface area contributed by atoms with Gasteiger partial charge in [0.2, 0.25) is 10.0 Å². The van der Waals surface area contributed by atoms with Gasteiger partial charge >= 0.3 is 0 Å². The number of hydrogen-bond donors (Lipinski definition) is 3. The molecule has 0 saturated carbocycles. The molecule has 32 heavy (non-hydrogen) atoms.